The molecule has 1 aromatic carbocycles. The van der Waals surface area contributed by atoms with Gasteiger partial charge in [-0.1, -0.05) is 38.0 Å². The predicted molar refractivity (Wildman–Crippen MR) is 98.2 cm³/mol. The summed E-state index contributed by atoms with van der Waals surface area (Å²) in [6, 6.07) is 13.8. The Kier molecular flexibility index (Phi) is 6.12. The van der Waals surface area contributed by atoms with Gasteiger partial charge in [-0.15, -0.1) is 11.3 Å². The summed E-state index contributed by atoms with van der Waals surface area (Å²) in [5, 5.41) is 2.21. The molecule has 1 aliphatic heterocycles. The fourth-order valence-corrected chi connectivity index (χ4v) is 4.20. The normalized spacial score (nSPS) is 19.4. The van der Waals surface area contributed by atoms with Gasteiger partial charge in [-0.3, -0.25) is 4.90 Å². The molecule has 2 aromatic rings. The summed E-state index contributed by atoms with van der Waals surface area (Å²) < 4.78 is 5.69. The van der Waals surface area contributed by atoms with Gasteiger partial charge in [0.15, 0.2) is 0 Å². The minimum atomic E-state index is 0.591. The number of hydrogen-bond acceptors (Lipinski definition) is 3. The van der Waals surface area contributed by atoms with Crippen molar-refractivity contribution < 1.29 is 4.74 Å². The van der Waals surface area contributed by atoms with Gasteiger partial charge in [-0.2, -0.15) is 0 Å². The zero-order valence-corrected chi connectivity index (χ0v) is 14.9. The van der Waals surface area contributed by atoms with Gasteiger partial charge in [-0.05, 0) is 54.9 Å². The molecule has 0 radical (unpaired) electrons. The van der Waals surface area contributed by atoms with Crippen molar-refractivity contribution in [3.8, 4) is 5.75 Å². The maximum Gasteiger partial charge on any atom is 0.119 e. The van der Waals surface area contributed by atoms with Crippen LogP contribution in [0.3, 0.4) is 0 Å². The molecule has 0 aliphatic carbocycles. The molecule has 23 heavy (non-hydrogen) atoms. The first kappa shape index (κ1) is 16.5. The third-order valence-corrected chi connectivity index (χ3v) is 5.49. The summed E-state index contributed by atoms with van der Waals surface area (Å²) in [4.78, 5) is 4.19. The summed E-state index contributed by atoms with van der Waals surface area (Å²) in [6.45, 7) is 5.18. The maximum absolute atomic E-state index is 5.69. The molecule has 1 aromatic heterocycles. The van der Waals surface area contributed by atoms with Gasteiger partial charge < -0.3 is 4.74 Å². The Morgan fingerprint density at radius 3 is 2.74 bits per heavy atom. The Hall–Kier alpha value is -1.32. The summed E-state index contributed by atoms with van der Waals surface area (Å²) in [5.74, 6) is 0.987. The van der Waals surface area contributed by atoms with Gasteiger partial charge in [0, 0.05) is 17.5 Å². The lowest BCUT2D eigenvalue weighted by Gasteiger charge is -2.29. The third-order valence-electron chi connectivity index (χ3n) is 4.52. The monoisotopic (exact) mass is 329 g/mol. The summed E-state index contributed by atoms with van der Waals surface area (Å²) >= 11 is 1.90. The van der Waals surface area contributed by atoms with E-state index in [9.17, 15) is 0 Å². The average molecular weight is 330 g/mol. The first-order chi connectivity index (χ1) is 11.4. The van der Waals surface area contributed by atoms with E-state index in [1.807, 2.05) is 11.3 Å². The van der Waals surface area contributed by atoms with Crippen LogP contribution in [-0.4, -0.2) is 18.1 Å². The van der Waals surface area contributed by atoms with Crippen LogP contribution in [0.1, 0.15) is 55.5 Å². The average Bonchev–Trinajstić information content (AvgIpc) is 3.01. The van der Waals surface area contributed by atoms with Crippen LogP contribution in [0.25, 0.3) is 0 Å². The molecular weight excluding hydrogens is 302 g/mol. The second-order valence-electron chi connectivity index (χ2n) is 6.34. The minimum Gasteiger partial charge on any atom is -0.494 e. The van der Waals surface area contributed by atoms with E-state index in [1.165, 1.54) is 42.7 Å². The van der Waals surface area contributed by atoms with Crippen LogP contribution < -0.4 is 4.74 Å². The molecule has 3 heteroatoms. The van der Waals surface area contributed by atoms with Crippen molar-refractivity contribution in [1.82, 2.24) is 4.90 Å². The van der Waals surface area contributed by atoms with Crippen molar-refractivity contribution >= 4 is 11.3 Å². The van der Waals surface area contributed by atoms with E-state index in [-0.39, 0.29) is 0 Å². The summed E-state index contributed by atoms with van der Waals surface area (Å²) in [6.07, 6.45) is 6.38. The molecule has 124 valence electrons. The van der Waals surface area contributed by atoms with Gasteiger partial charge in [-0.25, -0.2) is 0 Å². The molecule has 3 rings (SSSR count). The standard InChI is InChI=1S/C20H27NOS/c1-2-14-22-18-11-9-17(10-12-18)16-21-13-5-3-4-7-19(21)20-8-6-15-23-20/h6,8-12,15,19H,2-5,7,13-14,16H2,1H3/t19-/m1/s1. The molecular formula is C20H27NOS. The van der Waals surface area contributed by atoms with Crippen LogP contribution in [0.2, 0.25) is 0 Å². The Balaban J connectivity index is 1.68. The number of thiophene rings is 1. The van der Waals surface area contributed by atoms with E-state index < -0.39 is 0 Å². The van der Waals surface area contributed by atoms with Gasteiger partial charge in [0.2, 0.25) is 0 Å². The highest BCUT2D eigenvalue weighted by molar-refractivity contribution is 7.10. The van der Waals surface area contributed by atoms with Crippen molar-refractivity contribution in [2.45, 2.75) is 51.6 Å². The van der Waals surface area contributed by atoms with E-state index in [2.05, 4.69) is 53.6 Å². The van der Waals surface area contributed by atoms with Gasteiger partial charge in [0.1, 0.15) is 5.75 Å². The molecule has 2 heterocycles. The minimum absolute atomic E-state index is 0.591. The highest BCUT2D eigenvalue weighted by atomic mass is 32.1. The number of ether oxygens (including phenoxy) is 1. The molecule has 2 nitrogen and oxygen atoms in total. The highest BCUT2D eigenvalue weighted by Gasteiger charge is 2.23. The van der Waals surface area contributed by atoms with Crippen LogP contribution in [0.5, 0.6) is 5.75 Å². The van der Waals surface area contributed by atoms with Crippen molar-refractivity contribution in [1.29, 1.82) is 0 Å². The van der Waals surface area contributed by atoms with Crippen molar-refractivity contribution in [3.05, 3.63) is 52.2 Å². The molecule has 1 saturated heterocycles. The third kappa shape index (κ3) is 4.58. The molecule has 0 saturated carbocycles. The Morgan fingerprint density at radius 2 is 2.00 bits per heavy atom. The fourth-order valence-electron chi connectivity index (χ4n) is 3.31. The molecule has 0 unspecified atom stereocenters. The van der Waals surface area contributed by atoms with Gasteiger partial charge in [0.05, 0.1) is 6.61 Å². The topological polar surface area (TPSA) is 12.5 Å². The highest BCUT2D eigenvalue weighted by Crippen LogP contribution is 2.33. The van der Waals surface area contributed by atoms with Crippen LogP contribution in [0, 0.1) is 0 Å². The van der Waals surface area contributed by atoms with Crippen LogP contribution in [-0.2, 0) is 6.54 Å². The Bertz CT molecular complexity index is 564. The summed E-state index contributed by atoms with van der Waals surface area (Å²) in [5.41, 5.74) is 1.39. The van der Waals surface area contributed by atoms with E-state index in [4.69, 9.17) is 4.74 Å². The molecule has 0 bridgehead atoms. The Morgan fingerprint density at radius 1 is 1.13 bits per heavy atom. The van der Waals surface area contributed by atoms with E-state index in [0.29, 0.717) is 6.04 Å². The first-order valence-electron chi connectivity index (χ1n) is 8.86. The SMILES string of the molecule is CCCOc1ccc(CN2CCCCC[C@@H]2c2cccs2)cc1. The zero-order chi connectivity index (χ0) is 15.9. The van der Waals surface area contributed by atoms with Crippen LogP contribution >= 0.6 is 11.3 Å². The quantitative estimate of drug-likeness (QED) is 0.678. The molecule has 1 atom stereocenters. The molecule has 0 N–H and O–H groups in total. The number of nitrogens with zero attached hydrogens (tertiary/aromatic N) is 1. The summed E-state index contributed by atoms with van der Waals surface area (Å²) in [7, 11) is 0. The molecule has 1 fully saturated rings. The largest absolute Gasteiger partial charge is 0.494 e. The second-order valence-corrected chi connectivity index (χ2v) is 7.32. The molecule has 0 spiro atoms. The second kappa shape index (κ2) is 8.51. The zero-order valence-electron chi connectivity index (χ0n) is 14.0. The van der Waals surface area contributed by atoms with Gasteiger partial charge >= 0.3 is 0 Å². The van der Waals surface area contributed by atoms with Crippen molar-refractivity contribution in [2.24, 2.45) is 0 Å². The van der Waals surface area contributed by atoms with Gasteiger partial charge in [0.25, 0.3) is 0 Å². The molecule has 1 aliphatic rings. The maximum atomic E-state index is 5.69. The first-order valence-corrected chi connectivity index (χ1v) is 9.74. The number of benzene rings is 1. The van der Waals surface area contributed by atoms with Crippen LogP contribution in [0.15, 0.2) is 41.8 Å². The smallest absolute Gasteiger partial charge is 0.119 e. The lowest BCUT2D eigenvalue weighted by molar-refractivity contribution is 0.195. The van der Waals surface area contributed by atoms with E-state index >= 15 is 0 Å². The number of rotatable bonds is 6. The number of hydrogen-bond donors (Lipinski definition) is 0. The van der Waals surface area contributed by atoms with Crippen LogP contribution in [0.4, 0.5) is 0 Å². The lowest BCUT2D eigenvalue weighted by Crippen LogP contribution is -2.27. The Labute approximate surface area is 144 Å². The predicted octanol–water partition coefficient (Wildman–Crippen LogP) is 5.65. The fraction of sp³-hybridized carbons (Fsp3) is 0.500. The number of likely N-dealkylation sites (tertiary alicyclic amines) is 1. The van der Waals surface area contributed by atoms with Crippen molar-refractivity contribution in [2.75, 3.05) is 13.2 Å². The molecule has 0 amide bonds. The van der Waals surface area contributed by atoms with Crippen molar-refractivity contribution in [3.63, 3.8) is 0 Å². The lowest BCUT2D eigenvalue weighted by atomic mass is 10.1. The van der Waals surface area contributed by atoms with E-state index in [0.717, 1.165) is 25.3 Å². The van der Waals surface area contributed by atoms with E-state index in [1.54, 1.807) is 0 Å².